The van der Waals surface area contributed by atoms with Gasteiger partial charge in [0, 0.05) is 29.6 Å². The summed E-state index contributed by atoms with van der Waals surface area (Å²) in [5.74, 6) is -1.05. The number of hydrogen-bond donors (Lipinski definition) is 0. The van der Waals surface area contributed by atoms with Crippen LogP contribution in [0.1, 0.15) is 16.7 Å². The number of carbonyl (C=O) groups excluding carboxylic acids is 1. The normalized spacial score (nSPS) is 11.4. The van der Waals surface area contributed by atoms with Crippen LogP contribution in [0.15, 0.2) is 63.9 Å². The van der Waals surface area contributed by atoms with Gasteiger partial charge in [0.25, 0.3) is 5.56 Å². The van der Waals surface area contributed by atoms with Crippen molar-refractivity contribution in [3.63, 3.8) is 0 Å². The lowest BCUT2D eigenvalue weighted by Gasteiger charge is -2.09. The molecule has 0 aliphatic rings. The van der Waals surface area contributed by atoms with Crippen molar-refractivity contribution in [3.05, 3.63) is 87.0 Å². The monoisotopic (exact) mass is 481 g/mol. The summed E-state index contributed by atoms with van der Waals surface area (Å²) in [6.07, 6.45) is 2.61. The van der Waals surface area contributed by atoms with E-state index in [4.69, 9.17) is 0 Å². The summed E-state index contributed by atoms with van der Waals surface area (Å²) in [5.41, 5.74) is 1.37. The number of aryl methyl sites for hydroxylation is 1. The summed E-state index contributed by atoms with van der Waals surface area (Å²) < 4.78 is 38.7. The molecule has 0 bridgehead atoms. The highest BCUT2D eigenvalue weighted by Crippen LogP contribution is 2.22. The van der Waals surface area contributed by atoms with Crippen LogP contribution in [0.3, 0.4) is 0 Å². The molecule has 0 N–H and O–H groups in total. The van der Waals surface area contributed by atoms with Crippen LogP contribution in [-0.2, 0) is 21.1 Å². The number of rotatable bonds is 6. The molecule has 0 fully saturated rings. The molecule has 4 rings (SSSR count). The molecule has 0 radical (unpaired) electrons. The van der Waals surface area contributed by atoms with Crippen LogP contribution in [0.5, 0.6) is 0 Å². The average molecular weight is 482 g/mol. The largest absolute Gasteiger partial charge is 0.298 e. The van der Waals surface area contributed by atoms with Gasteiger partial charge in [-0.3, -0.25) is 14.2 Å². The van der Waals surface area contributed by atoms with Crippen molar-refractivity contribution in [2.45, 2.75) is 17.6 Å². The van der Waals surface area contributed by atoms with Crippen LogP contribution < -0.4 is 5.56 Å². The second-order valence-electron chi connectivity index (χ2n) is 7.44. The van der Waals surface area contributed by atoms with Gasteiger partial charge in [0.15, 0.2) is 20.8 Å². The van der Waals surface area contributed by atoms with E-state index < -0.39 is 26.5 Å². The Labute approximate surface area is 192 Å². The van der Waals surface area contributed by atoms with Gasteiger partial charge in [0.1, 0.15) is 21.8 Å². The zero-order valence-electron chi connectivity index (χ0n) is 17.3. The molecule has 33 heavy (non-hydrogen) atoms. The molecule has 7 nitrogen and oxygen atoms in total. The zero-order valence-corrected chi connectivity index (χ0v) is 18.9. The van der Waals surface area contributed by atoms with Gasteiger partial charge in [-0.1, -0.05) is 29.0 Å². The average Bonchev–Trinajstić information content (AvgIpc) is 3.22. The minimum absolute atomic E-state index is 0.185. The molecule has 1 aromatic carbocycles. The summed E-state index contributed by atoms with van der Waals surface area (Å²) >= 11 is 0.474. The van der Waals surface area contributed by atoms with E-state index in [-0.39, 0.29) is 22.0 Å². The number of thiophene rings is 1. The number of halogens is 1. The maximum Gasteiger partial charge on any atom is 0.264 e. The standard InChI is InChI=1S/C23H16FN3O4S2/c1-14-2-4-18-19(8-14)16(10-25)12-27(23(18)29)21-6-3-15(11-26-21)9-17(28)13-33(30,31)22-7-5-20(24)32-22/h2-8,11-12H,9,13H2,1H3. The van der Waals surface area contributed by atoms with Crippen molar-refractivity contribution in [2.24, 2.45) is 0 Å². The number of carbonyl (C=O) groups is 1. The fraction of sp³-hybridized carbons (Fsp3) is 0.130. The van der Waals surface area contributed by atoms with Crippen LogP contribution in [0.4, 0.5) is 4.39 Å². The van der Waals surface area contributed by atoms with Crippen molar-refractivity contribution < 1.29 is 17.6 Å². The van der Waals surface area contributed by atoms with Crippen LogP contribution in [0.25, 0.3) is 16.6 Å². The highest BCUT2D eigenvalue weighted by atomic mass is 32.2. The van der Waals surface area contributed by atoms with Crippen LogP contribution in [-0.4, -0.2) is 29.5 Å². The number of nitrogens with zero attached hydrogens (tertiary/aromatic N) is 3. The predicted molar refractivity (Wildman–Crippen MR) is 122 cm³/mol. The van der Waals surface area contributed by atoms with Crippen LogP contribution in [0.2, 0.25) is 0 Å². The first kappa shape index (κ1) is 22.5. The number of aromatic nitrogens is 2. The van der Waals surface area contributed by atoms with E-state index in [0.29, 0.717) is 33.2 Å². The van der Waals surface area contributed by atoms with E-state index in [1.54, 1.807) is 24.3 Å². The maximum absolute atomic E-state index is 13.1. The van der Waals surface area contributed by atoms with Crippen LogP contribution in [0, 0.1) is 23.4 Å². The number of fused-ring (bicyclic) bond motifs is 1. The summed E-state index contributed by atoms with van der Waals surface area (Å²) in [4.78, 5) is 29.4. The number of Topliss-reactive ketones (excluding diaryl/α,β-unsaturated/α-hetero) is 1. The molecular weight excluding hydrogens is 465 g/mol. The highest BCUT2D eigenvalue weighted by Gasteiger charge is 2.22. The first-order valence-corrected chi connectivity index (χ1v) is 12.2. The SMILES string of the molecule is Cc1ccc2c(=O)n(-c3ccc(CC(=O)CS(=O)(=O)c4ccc(F)s4)cn3)cc(C#N)c2c1. The van der Waals surface area contributed by atoms with Crippen molar-refractivity contribution in [2.75, 3.05) is 5.75 Å². The van der Waals surface area contributed by atoms with Gasteiger partial charge in [-0.25, -0.2) is 13.4 Å². The molecule has 4 aromatic rings. The van der Waals surface area contributed by atoms with Gasteiger partial charge < -0.3 is 0 Å². The molecule has 10 heteroatoms. The molecule has 0 spiro atoms. The summed E-state index contributed by atoms with van der Waals surface area (Å²) in [7, 11) is -3.91. The molecule has 0 unspecified atom stereocenters. The summed E-state index contributed by atoms with van der Waals surface area (Å²) in [5, 5.41) is 9.82. The molecule has 3 aromatic heterocycles. The van der Waals surface area contributed by atoms with Gasteiger partial charge in [-0.15, -0.1) is 0 Å². The van der Waals surface area contributed by atoms with Gasteiger partial charge in [-0.2, -0.15) is 9.65 Å². The van der Waals surface area contributed by atoms with E-state index in [1.165, 1.54) is 23.0 Å². The summed E-state index contributed by atoms with van der Waals surface area (Å²) in [6.45, 7) is 1.87. The topological polar surface area (TPSA) is 110 Å². The molecule has 0 amide bonds. The lowest BCUT2D eigenvalue weighted by Crippen LogP contribution is -2.20. The Bertz CT molecular complexity index is 1600. The van der Waals surface area contributed by atoms with E-state index in [0.717, 1.165) is 17.7 Å². The molecule has 166 valence electrons. The Kier molecular flexibility index (Phi) is 5.93. The van der Waals surface area contributed by atoms with E-state index in [9.17, 15) is 27.7 Å². The van der Waals surface area contributed by atoms with E-state index in [2.05, 4.69) is 11.1 Å². The Balaban J connectivity index is 1.58. The smallest absolute Gasteiger partial charge is 0.264 e. The minimum Gasteiger partial charge on any atom is -0.298 e. The number of hydrogen-bond acceptors (Lipinski definition) is 7. The van der Waals surface area contributed by atoms with Gasteiger partial charge >= 0.3 is 0 Å². The molecular formula is C23H16FN3O4S2. The number of ketones is 1. The Morgan fingerprint density at radius 2 is 1.97 bits per heavy atom. The van der Waals surface area contributed by atoms with Crippen LogP contribution >= 0.6 is 11.3 Å². The molecule has 0 atom stereocenters. The quantitative estimate of drug-likeness (QED) is 0.418. The second-order valence-corrected chi connectivity index (χ2v) is 10.7. The van der Waals surface area contributed by atoms with Crippen molar-refractivity contribution in [1.29, 1.82) is 5.26 Å². The Morgan fingerprint density at radius 3 is 2.61 bits per heavy atom. The fourth-order valence-corrected chi connectivity index (χ4v) is 5.74. The molecule has 0 saturated heterocycles. The molecule has 3 heterocycles. The predicted octanol–water partition coefficient (Wildman–Crippen LogP) is 3.35. The summed E-state index contributed by atoms with van der Waals surface area (Å²) in [6, 6.07) is 12.6. The van der Waals surface area contributed by atoms with E-state index >= 15 is 0 Å². The first-order valence-electron chi connectivity index (χ1n) is 9.69. The Hall–Kier alpha value is -3.68. The van der Waals surface area contributed by atoms with Gasteiger partial charge in [-0.05, 0) is 42.8 Å². The molecule has 0 aliphatic carbocycles. The molecule has 0 saturated carbocycles. The third kappa shape index (κ3) is 4.60. The lowest BCUT2D eigenvalue weighted by atomic mass is 10.1. The third-order valence-corrected chi connectivity index (χ3v) is 8.09. The zero-order chi connectivity index (χ0) is 23.8. The van der Waals surface area contributed by atoms with Crippen molar-refractivity contribution >= 4 is 37.7 Å². The van der Waals surface area contributed by atoms with Crippen molar-refractivity contribution in [1.82, 2.24) is 9.55 Å². The molecule has 0 aliphatic heterocycles. The lowest BCUT2D eigenvalue weighted by molar-refractivity contribution is -0.116. The number of sulfone groups is 1. The second kappa shape index (κ2) is 8.69. The number of nitriles is 1. The van der Waals surface area contributed by atoms with Gasteiger partial charge in [0.05, 0.1) is 5.56 Å². The third-order valence-electron chi connectivity index (χ3n) is 4.96. The minimum atomic E-state index is -3.91. The maximum atomic E-state index is 13.1. The Morgan fingerprint density at radius 1 is 1.18 bits per heavy atom. The fourth-order valence-electron chi connectivity index (χ4n) is 3.40. The highest BCUT2D eigenvalue weighted by molar-refractivity contribution is 7.94. The van der Waals surface area contributed by atoms with E-state index in [1.807, 2.05) is 6.92 Å². The number of pyridine rings is 2. The van der Waals surface area contributed by atoms with Gasteiger partial charge in [0.2, 0.25) is 0 Å². The first-order chi connectivity index (χ1) is 15.7. The van der Waals surface area contributed by atoms with Crippen molar-refractivity contribution in [3.8, 4) is 11.9 Å². The number of benzene rings is 1.